The largest absolute Gasteiger partial charge is 0.497 e. The van der Waals surface area contributed by atoms with Crippen LogP contribution in [0.5, 0.6) is 5.75 Å². The summed E-state index contributed by atoms with van der Waals surface area (Å²) in [7, 11) is -2.48. The van der Waals surface area contributed by atoms with Gasteiger partial charge in [-0.3, -0.25) is 19.1 Å². The first-order chi connectivity index (χ1) is 19.2. The molecular formula is C29H29N3O7S. The minimum Gasteiger partial charge on any atom is -0.497 e. The zero-order valence-corrected chi connectivity index (χ0v) is 22.9. The van der Waals surface area contributed by atoms with Gasteiger partial charge >= 0.3 is 5.97 Å². The van der Waals surface area contributed by atoms with E-state index in [1.807, 2.05) is 0 Å². The number of benzene rings is 2. The van der Waals surface area contributed by atoms with Crippen molar-refractivity contribution in [3.8, 4) is 5.75 Å². The van der Waals surface area contributed by atoms with Crippen LogP contribution in [0.25, 0.3) is 11.6 Å². The van der Waals surface area contributed by atoms with E-state index in [1.165, 1.54) is 19.2 Å². The molecule has 3 N–H and O–H groups in total. The molecule has 1 aliphatic heterocycles. The number of carbonyl (C=O) groups excluding carboxylic acids is 3. The van der Waals surface area contributed by atoms with Gasteiger partial charge in [-0.25, -0.2) is 8.42 Å². The summed E-state index contributed by atoms with van der Waals surface area (Å²) in [4.78, 5) is 41.2. The summed E-state index contributed by atoms with van der Waals surface area (Å²) >= 11 is 0. The minimum atomic E-state index is -3.93. The first-order valence-electron chi connectivity index (χ1n) is 13.0. The Morgan fingerprint density at radius 3 is 2.73 bits per heavy atom. The number of aromatic amines is 1. The molecule has 0 spiro atoms. The Morgan fingerprint density at radius 2 is 1.95 bits per heavy atom. The maximum absolute atomic E-state index is 13.0. The molecular weight excluding hydrogens is 534 g/mol. The number of ketones is 1. The van der Waals surface area contributed by atoms with E-state index in [0.717, 1.165) is 12.1 Å². The van der Waals surface area contributed by atoms with Gasteiger partial charge in [0.25, 0.3) is 15.9 Å². The van der Waals surface area contributed by atoms with Gasteiger partial charge in [-0.15, -0.1) is 0 Å². The normalized spacial score (nSPS) is 15.4. The molecule has 1 amide bonds. The third kappa shape index (κ3) is 5.37. The predicted octanol–water partition coefficient (Wildman–Crippen LogP) is 4.33. The summed E-state index contributed by atoms with van der Waals surface area (Å²) in [5.74, 6) is -0.316. The maximum Gasteiger partial charge on any atom is 0.306 e. The lowest BCUT2D eigenvalue weighted by molar-refractivity contribution is -0.143. The first-order valence-corrected chi connectivity index (χ1v) is 14.5. The molecule has 11 heteroatoms. The van der Waals surface area contributed by atoms with Crippen molar-refractivity contribution >= 4 is 50.7 Å². The quantitative estimate of drug-likeness (QED) is 0.260. The summed E-state index contributed by atoms with van der Waals surface area (Å²) in [6, 6.07) is 10.9. The van der Waals surface area contributed by atoms with Crippen LogP contribution in [0.3, 0.4) is 0 Å². The van der Waals surface area contributed by atoms with Crippen molar-refractivity contribution in [1.29, 1.82) is 0 Å². The predicted molar refractivity (Wildman–Crippen MR) is 150 cm³/mol. The van der Waals surface area contributed by atoms with Crippen LogP contribution in [0.1, 0.15) is 59.1 Å². The van der Waals surface area contributed by atoms with E-state index in [2.05, 4.69) is 15.0 Å². The highest BCUT2D eigenvalue weighted by molar-refractivity contribution is 7.92. The second kappa shape index (κ2) is 11.0. The van der Waals surface area contributed by atoms with E-state index in [4.69, 9.17) is 9.47 Å². The molecule has 1 aromatic heterocycles. The second-order valence-electron chi connectivity index (χ2n) is 9.51. The second-order valence-corrected chi connectivity index (χ2v) is 11.2. The Bertz CT molecular complexity index is 1650. The number of aromatic nitrogens is 1. The summed E-state index contributed by atoms with van der Waals surface area (Å²) in [5.41, 5.74) is 4.24. The van der Waals surface area contributed by atoms with Crippen LogP contribution in [0.4, 0.5) is 11.4 Å². The number of Topliss-reactive ketones (excluding diaryl/α,β-unsaturated/α-hetero) is 1. The van der Waals surface area contributed by atoms with Crippen LogP contribution in [-0.4, -0.2) is 44.8 Å². The average molecular weight is 564 g/mol. The zero-order valence-electron chi connectivity index (χ0n) is 22.1. The minimum absolute atomic E-state index is 0.00604. The Hall–Kier alpha value is -4.38. The van der Waals surface area contributed by atoms with Gasteiger partial charge in [-0.05, 0) is 68.2 Å². The molecule has 0 radical (unpaired) electrons. The number of methoxy groups -OCH3 is 1. The van der Waals surface area contributed by atoms with E-state index >= 15 is 0 Å². The van der Waals surface area contributed by atoms with Crippen molar-refractivity contribution in [3.63, 3.8) is 0 Å². The van der Waals surface area contributed by atoms with Gasteiger partial charge in [0.15, 0.2) is 5.78 Å². The van der Waals surface area contributed by atoms with Crippen molar-refractivity contribution in [2.45, 2.75) is 43.9 Å². The number of anilines is 2. The molecule has 0 saturated heterocycles. The molecule has 1 aliphatic carbocycles. The number of rotatable bonds is 9. The molecule has 0 fully saturated rings. The van der Waals surface area contributed by atoms with Crippen LogP contribution in [0.15, 0.2) is 47.4 Å². The highest BCUT2D eigenvalue weighted by Gasteiger charge is 2.29. The van der Waals surface area contributed by atoms with Crippen LogP contribution < -0.4 is 14.8 Å². The third-order valence-electron chi connectivity index (χ3n) is 6.90. The van der Waals surface area contributed by atoms with Gasteiger partial charge in [0, 0.05) is 52.8 Å². The van der Waals surface area contributed by atoms with Gasteiger partial charge in [0.1, 0.15) is 5.75 Å². The highest BCUT2D eigenvalue weighted by atomic mass is 32.2. The fraction of sp³-hybridized carbons (Fsp3) is 0.276. The molecule has 0 unspecified atom stereocenters. The average Bonchev–Trinajstić information content (AvgIpc) is 3.44. The number of nitrogens with one attached hydrogen (secondary N) is 3. The van der Waals surface area contributed by atoms with Crippen LogP contribution in [0, 0.1) is 0 Å². The number of hydrogen-bond donors (Lipinski definition) is 3. The lowest BCUT2D eigenvalue weighted by Crippen LogP contribution is -2.13. The number of aryl methyl sites for hydroxylation is 1. The Balaban J connectivity index is 1.50. The summed E-state index contributed by atoms with van der Waals surface area (Å²) < 4.78 is 38.8. The molecule has 2 aliphatic rings. The lowest BCUT2D eigenvalue weighted by Gasteiger charge is -2.11. The molecule has 0 saturated carbocycles. The van der Waals surface area contributed by atoms with E-state index in [1.54, 1.807) is 43.3 Å². The molecule has 10 nitrogen and oxygen atoms in total. The van der Waals surface area contributed by atoms with Gasteiger partial charge in [-0.1, -0.05) is 6.07 Å². The number of hydrogen-bond acceptors (Lipinski definition) is 7. The Morgan fingerprint density at radius 1 is 1.12 bits per heavy atom. The molecule has 3 aromatic rings. The number of ether oxygens (including phenoxy) is 2. The lowest BCUT2D eigenvalue weighted by atomic mass is 9.91. The van der Waals surface area contributed by atoms with Crippen molar-refractivity contribution in [3.05, 3.63) is 70.5 Å². The number of carbonyl (C=O) groups is 3. The van der Waals surface area contributed by atoms with E-state index in [9.17, 15) is 22.8 Å². The Labute approximate surface area is 231 Å². The molecule has 0 atom stereocenters. The number of sulfonamides is 1. The number of amides is 1. The van der Waals surface area contributed by atoms with Crippen molar-refractivity contribution in [1.82, 2.24) is 4.98 Å². The molecule has 5 rings (SSSR count). The first kappa shape index (κ1) is 27.2. The number of esters is 1. The van der Waals surface area contributed by atoms with E-state index in [0.29, 0.717) is 52.2 Å². The third-order valence-corrected chi connectivity index (χ3v) is 8.28. The van der Waals surface area contributed by atoms with Crippen LogP contribution in [0.2, 0.25) is 0 Å². The van der Waals surface area contributed by atoms with E-state index in [-0.39, 0.29) is 47.7 Å². The van der Waals surface area contributed by atoms with Gasteiger partial charge < -0.3 is 19.8 Å². The van der Waals surface area contributed by atoms with Gasteiger partial charge in [0.05, 0.1) is 24.2 Å². The molecule has 2 heterocycles. The van der Waals surface area contributed by atoms with E-state index < -0.39 is 10.0 Å². The maximum atomic E-state index is 13.0. The highest BCUT2D eigenvalue weighted by Crippen LogP contribution is 2.37. The van der Waals surface area contributed by atoms with Crippen LogP contribution >= 0.6 is 0 Å². The summed E-state index contributed by atoms with van der Waals surface area (Å²) in [5, 5.41) is 2.81. The smallest absolute Gasteiger partial charge is 0.306 e. The zero-order chi connectivity index (χ0) is 28.4. The van der Waals surface area contributed by atoms with Gasteiger partial charge in [0.2, 0.25) is 0 Å². The van der Waals surface area contributed by atoms with Crippen molar-refractivity contribution in [2.75, 3.05) is 23.8 Å². The fourth-order valence-corrected chi connectivity index (χ4v) is 6.14. The topological polar surface area (TPSA) is 144 Å². The standard InChI is InChI=1S/C29H29N3O7S/c1-3-39-27(34)13-11-20-25(30-24-8-5-9-26(33)28(20)24)16-22-21-14-17(10-12-23(21)31-29(22)35)32-40(36,37)19-7-4-6-18(15-19)38-2/h4,6-7,10,12,14-16,30,32H,3,5,8-9,11,13H2,1-2H3,(H,31,35). The van der Waals surface area contributed by atoms with Crippen molar-refractivity contribution < 1.29 is 32.3 Å². The fourth-order valence-electron chi connectivity index (χ4n) is 5.06. The Kier molecular flexibility index (Phi) is 7.49. The summed E-state index contributed by atoms with van der Waals surface area (Å²) in [6.07, 6.45) is 3.88. The van der Waals surface area contributed by atoms with Crippen LogP contribution in [-0.2, 0) is 37.2 Å². The SMILES string of the molecule is CCOC(=O)CCc1c(C=C2C(=O)Nc3ccc(NS(=O)(=O)c4cccc(OC)c4)cc32)[nH]c2c1C(=O)CCC2. The molecule has 208 valence electrons. The number of fused-ring (bicyclic) bond motifs is 2. The van der Waals surface area contributed by atoms with Crippen molar-refractivity contribution in [2.24, 2.45) is 0 Å². The molecule has 40 heavy (non-hydrogen) atoms. The van der Waals surface area contributed by atoms with Gasteiger partial charge in [-0.2, -0.15) is 0 Å². The molecule has 0 bridgehead atoms. The monoisotopic (exact) mass is 563 g/mol. The molecule has 2 aromatic carbocycles. The summed E-state index contributed by atoms with van der Waals surface area (Å²) in [6.45, 7) is 2.00. The number of H-pyrrole nitrogens is 1.